The van der Waals surface area contributed by atoms with E-state index in [0.29, 0.717) is 21.9 Å². The monoisotopic (exact) mass is 652 g/mol. The Bertz CT molecular complexity index is 1760. The topological polar surface area (TPSA) is 95.8 Å². The lowest BCUT2D eigenvalue weighted by Gasteiger charge is -2.43. The summed E-state index contributed by atoms with van der Waals surface area (Å²) in [6.07, 6.45) is 3.47. The zero-order valence-electron chi connectivity index (χ0n) is 26.5. The van der Waals surface area contributed by atoms with Crippen molar-refractivity contribution in [3.05, 3.63) is 119 Å². The van der Waals surface area contributed by atoms with Crippen molar-refractivity contribution in [1.29, 1.82) is 0 Å². The fourth-order valence-corrected chi connectivity index (χ4v) is 11.9. The van der Waals surface area contributed by atoms with E-state index >= 15 is 0 Å². The minimum atomic E-state index is -2.93. The first-order valence-corrected chi connectivity index (χ1v) is 17.8. The molecule has 0 spiro atoms. The van der Waals surface area contributed by atoms with Gasteiger partial charge in [0.2, 0.25) is 0 Å². The number of amides is 1. The third-order valence-electron chi connectivity index (χ3n) is 8.21. The summed E-state index contributed by atoms with van der Waals surface area (Å²) in [7, 11) is 0.443. The van der Waals surface area contributed by atoms with E-state index in [4.69, 9.17) is 13.9 Å². The van der Waals surface area contributed by atoms with Gasteiger partial charge >= 0.3 is 5.97 Å². The van der Waals surface area contributed by atoms with E-state index in [1.165, 1.54) is 16.7 Å². The number of esters is 1. The molecule has 3 heterocycles. The van der Waals surface area contributed by atoms with Gasteiger partial charge in [-0.2, -0.15) is 0 Å². The number of methoxy groups -OCH3 is 1. The Hall–Kier alpha value is -4.45. The van der Waals surface area contributed by atoms with Gasteiger partial charge in [0.25, 0.3) is 14.2 Å². The molecular weight excluding hydrogens is 617 g/mol. The van der Waals surface area contributed by atoms with Crippen LogP contribution in [0.2, 0.25) is 5.04 Å². The fourth-order valence-electron chi connectivity index (χ4n) is 6.00. The van der Waals surface area contributed by atoms with E-state index in [2.05, 4.69) is 55.3 Å². The molecule has 3 aromatic carbocycles. The van der Waals surface area contributed by atoms with Crippen molar-refractivity contribution in [2.75, 3.05) is 13.7 Å². The molecule has 1 fully saturated rings. The highest BCUT2D eigenvalue weighted by Crippen LogP contribution is 2.50. The van der Waals surface area contributed by atoms with Gasteiger partial charge in [-0.15, -0.1) is 5.10 Å². The standard InChI is InChI=1S/C35H36N4O5SSi/c1-35(2,3)46(27-12-8-6-9-13-27,28-14-10-7-11-15-28)44-23-30-31(34(41)43-22-24-16-18-26(42-5)19-17-24)39-32(40)29(33(39)45-30)20-25-21-38(4)37-36-25/h6-21,33H,22-23H2,1-5H3/t33-/m1/s1. The predicted molar refractivity (Wildman–Crippen MR) is 181 cm³/mol. The van der Waals surface area contributed by atoms with Crippen molar-refractivity contribution in [3.63, 3.8) is 0 Å². The Morgan fingerprint density at radius 3 is 2.13 bits per heavy atom. The number of ether oxygens (including phenoxy) is 2. The Labute approximate surface area is 274 Å². The summed E-state index contributed by atoms with van der Waals surface area (Å²) in [4.78, 5) is 29.6. The smallest absolute Gasteiger partial charge is 0.356 e. The van der Waals surface area contributed by atoms with Crippen LogP contribution in [-0.2, 0) is 32.4 Å². The number of β-lactam (4-membered cyclic amide) rings is 1. The number of benzene rings is 3. The second kappa shape index (κ2) is 12.7. The molecule has 1 amide bonds. The molecule has 1 aromatic heterocycles. The van der Waals surface area contributed by atoms with Crippen LogP contribution in [0.15, 0.2) is 107 Å². The third-order valence-corrected chi connectivity index (χ3v) is 14.5. The molecule has 2 aliphatic rings. The number of hydrogen-bond donors (Lipinski definition) is 0. The quantitative estimate of drug-likeness (QED) is 0.106. The van der Waals surface area contributed by atoms with Crippen molar-refractivity contribution in [2.24, 2.45) is 7.05 Å². The van der Waals surface area contributed by atoms with Gasteiger partial charge in [-0.3, -0.25) is 14.4 Å². The maximum absolute atomic E-state index is 13.8. The molecule has 9 nitrogen and oxygen atoms in total. The molecular formula is C35H36N4O5SSi. The second-order valence-electron chi connectivity index (χ2n) is 12.2. The summed E-state index contributed by atoms with van der Waals surface area (Å²) in [6, 6.07) is 28.0. The number of thioether (sulfide) groups is 1. The van der Waals surface area contributed by atoms with Gasteiger partial charge in [0.1, 0.15) is 29.1 Å². The lowest BCUT2D eigenvalue weighted by Crippen LogP contribution is -2.66. The van der Waals surface area contributed by atoms with Gasteiger partial charge in [0, 0.05) is 12.0 Å². The van der Waals surface area contributed by atoms with E-state index in [0.717, 1.165) is 15.9 Å². The number of fused-ring (bicyclic) bond motifs is 1. The summed E-state index contributed by atoms with van der Waals surface area (Å²) < 4.78 is 19.8. The number of nitrogens with zero attached hydrogens (tertiary/aromatic N) is 4. The minimum Gasteiger partial charge on any atom is -0.497 e. The van der Waals surface area contributed by atoms with Crippen molar-refractivity contribution in [1.82, 2.24) is 19.9 Å². The van der Waals surface area contributed by atoms with Gasteiger partial charge in [0.15, 0.2) is 0 Å². The molecule has 0 bridgehead atoms. The highest BCUT2D eigenvalue weighted by molar-refractivity contribution is 8.04. The van der Waals surface area contributed by atoms with Gasteiger partial charge in [0.05, 0.1) is 25.5 Å². The van der Waals surface area contributed by atoms with E-state index in [-0.39, 0.29) is 29.9 Å². The predicted octanol–water partition coefficient (Wildman–Crippen LogP) is 4.65. The molecule has 46 heavy (non-hydrogen) atoms. The Balaban J connectivity index is 1.36. The first kappa shape index (κ1) is 31.5. The molecule has 1 saturated heterocycles. The van der Waals surface area contributed by atoms with Gasteiger partial charge in [-0.05, 0) is 39.2 Å². The summed E-state index contributed by atoms with van der Waals surface area (Å²) in [5.74, 6) is -0.122. The Kier molecular flexibility index (Phi) is 8.73. The fraction of sp³-hybridized carbons (Fsp3) is 0.257. The largest absolute Gasteiger partial charge is 0.497 e. The third kappa shape index (κ3) is 5.81. The molecule has 0 unspecified atom stereocenters. The van der Waals surface area contributed by atoms with E-state index < -0.39 is 19.7 Å². The normalized spacial score (nSPS) is 17.2. The van der Waals surface area contributed by atoms with Crippen molar-refractivity contribution >= 4 is 48.4 Å². The molecule has 1 atom stereocenters. The van der Waals surface area contributed by atoms with Crippen LogP contribution < -0.4 is 15.1 Å². The summed E-state index contributed by atoms with van der Waals surface area (Å²) in [6.45, 7) is 6.81. The first-order valence-electron chi connectivity index (χ1n) is 15.0. The zero-order valence-corrected chi connectivity index (χ0v) is 28.3. The first-order chi connectivity index (χ1) is 22.1. The summed E-state index contributed by atoms with van der Waals surface area (Å²) in [5.41, 5.74) is 2.15. The van der Waals surface area contributed by atoms with Crippen LogP contribution in [-0.4, -0.2) is 59.2 Å². The average molecular weight is 653 g/mol. The molecule has 236 valence electrons. The van der Waals surface area contributed by atoms with Crippen molar-refractivity contribution in [3.8, 4) is 5.75 Å². The SMILES string of the molecule is COc1ccc(COC(=O)C2=C(CO[Si](c3ccccc3)(c3ccccc3)C(C)(C)C)S[C@@H]3C(=Cc4cn(C)nn4)C(=O)N23)cc1. The minimum absolute atomic E-state index is 0.0504. The number of aryl methyl sites for hydroxylation is 1. The van der Waals surface area contributed by atoms with Gasteiger partial charge in [-0.1, -0.05) is 111 Å². The lowest BCUT2D eigenvalue weighted by molar-refractivity contribution is -0.146. The van der Waals surface area contributed by atoms with E-state index in [9.17, 15) is 9.59 Å². The lowest BCUT2D eigenvalue weighted by atomic mass is 10.0. The number of rotatable bonds is 10. The van der Waals surface area contributed by atoms with Crippen LogP contribution in [0.25, 0.3) is 6.08 Å². The van der Waals surface area contributed by atoms with Crippen molar-refractivity contribution in [2.45, 2.75) is 37.8 Å². The Morgan fingerprint density at radius 1 is 0.957 bits per heavy atom. The maximum Gasteiger partial charge on any atom is 0.356 e. The number of carbonyl (C=O) groups is 2. The van der Waals surface area contributed by atoms with Gasteiger partial charge < -0.3 is 13.9 Å². The van der Waals surface area contributed by atoms with Crippen LogP contribution in [0, 0.1) is 0 Å². The number of hydrogen-bond acceptors (Lipinski definition) is 8. The van der Waals surface area contributed by atoms with E-state index in [1.807, 2.05) is 60.7 Å². The molecule has 2 aliphatic heterocycles. The molecule has 0 radical (unpaired) electrons. The zero-order chi connectivity index (χ0) is 32.5. The van der Waals surface area contributed by atoms with Crippen LogP contribution >= 0.6 is 11.8 Å². The molecule has 11 heteroatoms. The van der Waals surface area contributed by atoms with Crippen LogP contribution in [0.4, 0.5) is 0 Å². The molecule has 0 saturated carbocycles. The second-order valence-corrected chi connectivity index (χ2v) is 17.7. The highest BCUT2D eigenvalue weighted by Gasteiger charge is 2.55. The molecule has 6 rings (SSSR count). The molecule has 4 aromatic rings. The number of aromatic nitrogens is 3. The number of carbonyl (C=O) groups excluding carboxylic acids is 2. The van der Waals surface area contributed by atoms with Crippen LogP contribution in [0.5, 0.6) is 5.75 Å². The maximum atomic E-state index is 13.8. The van der Waals surface area contributed by atoms with Crippen LogP contribution in [0.3, 0.4) is 0 Å². The van der Waals surface area contributed by atoms with E-state index in [1.54, 1.807) is 31.1 Å². The van der Waals surface area contributed by atoms with Crippen molar-refractivity contribution < 1.29 is 23.5 Å². The summed E-state index contributed by atoms with van der Waals surface area (Å²) in [5, 5.41) is 9.70. The highest BCUT2D eigenvalue weighted by atomic mass is 32.2. The average Bonchev–Trinajstić information content (AvgIpc) is 3.64. The molecule has 0 N–H and O–H groups in total. The summed E-state index contributed by atoms with van der Waals surface area (Å²) >= 11 is 1.44. The van der Waals surface area contributed by atoms with Gasteiger partial charge in [-0.25, -0.2) is 4.79 Å². The van der Waals surface area contributed by atoms with Crippen LogP contribution in [0.1, 0.15) is 32.0 Å². The Morgan fingerprint density at radius 2 is 1.59 bits per heavy atom. The molecule has 0 aliphatic carbocycles.